The van der Waals surface area contributed by atoms with E-state index >= 15 is 0 Å². The summed E-state index contributed by atoms with van der Waals surface area (Å²) in [7, 11) is 0. The Kier molecular flexibility index (Phi) is 6.87. The monoisotopic (exact) mass is 533 g/mol. The second-order valence-corrected chi connectivity index (χ2v) is 11.4. The largest absolute Gasteiger partial charge is 0.366 e. The number of aromatic nitrogens is 2. The third kappa shape index (κ3) is 4.66. The fraction of sp³-hybridized carbons (Fsp3) is 0.424. The first-order valence-electron chi connectivity index (χ1n) is 14.5. The van der Waals surface area contributed by atoms with Gasteiger partial charge in [-0.1, -0.05) is 50.4 Å². The zero-order valence-electron chi connectivity index (χ0n) is 24.0. The number of aryl methyl sites for hydroxylation is 2. The molecule has 0 N–H and O–H groups in total. The van der Waals surface area contributed by atoms with Crippen LogP contribution in [0.25, 0.3) is 10.8 Å². The fourth-order valence-corrected chi connectivity index (χ4v) is 6.60. The standard InChI is InChI=1S/C33H39N7/c1-6-31-35-28-20-37(29-12-8-11-25-10-7-9-23(4)32(25)29)16-14-27(28)33(36-31)38-17-18-39(26(19-38)13-15-34)24(5)30-21-40(30)22(2)3/h7-12,26,30H,2,5-6,13-14,16-21H2,1,3-4H3. The second kappa shape index (κ2) is 10.5. The van der Waals surface area contributed by atoms with Crippen LogP contribution in [0.4, 0.5) is 11.5 Å². The summed E-state index contributed by atoms with van der Waals surface area (Å²) in [5, 5.41) is 12.3. The summed E-state index contributed by atoms with van der Waals surface area (Å²) in [6.45, 7) is 20.1. The molecule has 2 aromatic carbocycles. The quantitative estimate of drug-likeness (QED) is 0.387. The number of piperazine rings is 1. The Morgan fingerprint density at radius 2 is 1.82 bits per heavy atom. The summed E-state index contributed by atoms with van der Waals surface area (Å²) in [6.07, 6.45) is 2.17. The summed E-state index contributed by atoms with van der Waals surface area (Å²) in [5.74, 6) is 1.96. The van der Waals surface area contributed by atoms with Crippen LogP contribution in [0, 0.1) is 18.3 Å². The van der Waals surface area contributed by atoms with Crippen LogP contribution in [0.2, 0.25) is 0 Å². The molecule has 2 atom stereocenters. The lowest BCUT2D eigenvalue weighted by atomic mass is 9.99. The number of nitriles is 1. The third-order valence-corrected chi connectivity index (χ3v) is 8.80. The van der Waals surface area contributed by atoms with Crippen molar-refractivity contribution in [2.45, 2.75) is 58.7 Å². The van der Waals surface area contributed by atoms with Gasteiger partial charge in [0.05, 0.1) is 36.8 Å². The smallest absolute Gasteiger partial charge is 0.136 e. The molecule has 7 heteroatoms. The summed E-state index contributed by atoms with van der Waals surface area (Å²) < 4.78 is 0. The lowest BCUT2D eigenvalue weighted by Gasteiger charge is -2.44. The van der Waals surface area contributed by atoms with Crippen LogP contribution in [0.3, 0.4) is 0 Å². The minimum Gasteiger partial charge on any atom is -0.366 e. The normalized spacial score (nSPS) is 20.4. The van der Waals surface area contributed by atoms with Crippen molar-refractivity contribution in [3.05, 3.63) is 83.6 Å². The Balaban J connectivity index is 1.28. The van der Waals surface area contributed by atoms with Crippen LogP contribution in [0.5, 0.6) is 0 Å². The van der Waals surface area contributed by atoms with Gasteiger partial charge >= 0.3 is 0 Å². The topological polar surface area (TPSA) is 62.3 Å². The predicted octanol–water partition coefficient (Wildman–Crippen LogP) is 5.20. The Bertz CT molecular complexity index is 1510. The highest BCUT2D eigenvalue weighted by molar-refractivity contribution is 5.97. The molecule has 1 aromatic heterocycles. The number of benzene rings is 2. The van der Waals surface area contributed by atoms with Crippen molar-refractivity contribution in [2.24, 2.45) is 0 Å². The Morgan fingerprint density at radius 3 is 2.55 bits per heavy atom. The van der Waals surface area contributed by atoms with E-state index in [9.17, 15) is 5.26 Å². The van der Waals surface area contributed by atoms with Gasteiger partial charge in [-0.2, -0.15) is 5.26 Å². The number of hydrogen-bond acceptors (Lipinski definition) is 7. The number of anilines is 2. The number of nitrogens with zero attached hydrogens (tertiary/aromatic N) is 7. The van der Waals surface area contributed by atoms with Crippen molar-refractivity contribution >= 4 is 22.3 Å². The van der Waals surface area contributed by atoms with Gasteiger partial charge in [0.1, 0.15) is 11.6 Å². The summed E-state index contributed by atoms with van der Waals surface area (Å²) >= 11 is 0. The Hall–Kier alpha value is -4.05. The van der Waals surface area contributed by atoms with E-state index in [0.717, 1.165) is 80.8 Å². The zero-order valence-corrected chi connectivity index (χ0v) is 24.0. The number of hydrogen-bond donors (Lipinski definition) is 0. The molecule has 0 radical (unpaired) electrons. The molecule has 206 valence electrons. The number of allylic oxidation sites excluding steroid dienone is 1. The molecule has 3 aromatic rings. The molecular weight excluding hydrogens is 494 g/mol. The lowest BCUT2D eigenvalue weighted by Crippen LogP contribution is -2.54. The van der Waals surface area contributed by atoms with Gasteiger partial charge in [-0.3, -0.25) is 0 Å². The van der Waals surface area contributed by atoms with Crippen LogP contribution in [-0.4, -0.2) is 64.6 Å². The van der Waals surface area contributed by atoms with Crippen LogP contribution in [0.15, 0.2) is 61.0 Å². The highest BCUT2D eigenvalue weighted by Gasteiger charge is 2.41. The fourth-order valence-electron chi connectivity index (χ4n) is 6.60. The first-order valence-corrected chi connectivity index (χ1v) is 14.5. The molecule has 2 fully saturated rings. The molecule has 40 heavy (non-hydrogen) atoms. The van der Waals surface area contributed by atoms with Crippen molar-refractivity contribution in [1.29, 1.82) is 5.26 Å². The average Bonchev–Trinajstić information content (AvgIpc) is 3.78. The molecule has 7 nitrogen and oxygen atoms in total. The van der Waals surface area contributed by atoms with Gasteiger partial charge in [-0.25, -0.2) is 9.97 Å². The summed E-state index contributed by atoms with van der Waals surface area (Å²) in [4.78, 5) is 19.7. The van der Waals surface area contributed by atoms with E-state index < -0.39 is 0 Å². The highest BCUT2D eigenvalue weighted by Crippen LogP contribution is 2.37. The first kappa shape index (κ1) is 26.2. The van der Waals surface area contributed by atoms with Gasteiger partial charge in [0, 0.05) is 67.2 Å². The SMILES string of the molecule is C=C(C1CN1C(=C)C)N1CCN(c2nc(CC)nc3c2CCN(c2cccc4cccc(C)c24)C3)CC1CC#N. The molecule has 0 amide bonds. The van der Waals surface area contributed by atoms with Crippen molar-refractivity contribution in [2.75, 3.05) is 42.5 Å². The van der Waals surface area contributed by atoms with Gasteiger partial charge in [-0.05, 0) is 37.3 Å². The molecular formula is C33H39N7. The molecule has 2 unspecified atom stereocenters. The van der Waals surface area contributed by atoms with Crippen molar-refractivity contribution in [1.82, 2.24) is 19.8 Å². The predicted molar refractivity (Wildman–Crippen MR) is 162 cm³/mol. The molecule has 0 spiro atoms. The molecule has 3 aliphatic heterocycles. The number of rotatable bonds is 7. The number of fused-ring (bicyclic) bond motifs is 2. The third-order valence-electron chi connectivity index (χ3n) is 8.80. The van der Waals surface area contributed by atoms with E-state index in [1.165, 1.54) is 27.6 Å². The van der Waals surface area contributed by atoms with Gasteiger partial charge in [0.2, 0.25) is 0 Å². The maximum atomic E-state index is 9.70. The minimum absolute atomic E-state index is 0.0910. The van der Waals surface area contributed by atoms with E-state index in [4.69, 9.17) is 9.97 Å². The van der Waals surface area contributed by atoms with E-state index in [0.29, 0.717) is 12.5 Å². The van der Waals surface area contributed by atoms with Crippen LogP contribution < -0.4 is 9.80 Å². The molecule has 4 heterocycles. The molecule has 0 bridgehead atoms. The van der Waals surface area contributed by atoms with E-state index in [1.807, 2.05) is 6.92 Å². The first-order chi connectivity index (χ1) is 19.4. The average molecular weight is 534 g/mol. The Labute approximate surface area is 238 Å². The minimum atomic E-state index is 0.0910. The van der Waals surface area contributed by atoms with Crippen LogP contribution >= 0.6 is 0 Å². The van der Waals surface area contributed by atoms with Crippen molar-refractivity contribution in [3.63, 3.8) is 0 Å². The van der Waals surface area contributed by atoms with Crippen molar-refractivity contribution in [3.8, 4) is 6.07 Å². The molecule has 3 aliphatic rings. The maximum absolute atomic E-state index is 9.70. The maximum Gasteiger partial charge on any atom is 0.136 e. The Morgan fingerprint density at radius 1 is 1.02 bits per heavy atom. The van der Waals surface area contributed by atoms with Gasteiger partial charge < -0.3 is 19.6 Å². The summed E-state index contributed by atoms with van der Waals surface area (Å²) in [5.41, 5.74) is 7.18. The lowest BCUT2D eigenvalue weighted by molar-refractivity contribution is 0.221. The molecule has 0 saturated carbocycles. The van der Waals surface area contributed by atoms with Gasteiger partial charge in [0.25, 0.3) is 0 Å². The van der Waals surface area contributed by atoms with E-state index in [-0.39, 0.29) is 6.04 Å². The van der Waals surface area contributed by atoms with E-state index in [1.54, 1.807) is 0 Å². The summed E-state index contributed by atoms with van der Waals surface area (Å²) in [6, 6.07) is 16.0. The zero-order chi connectivity index (χ0) is 28.0. The van der Waals surface area contributed by atoms with Gasteiger partial charge in [0.15, 0.2) is 0 Å². The highest BCUT2D eigenvalue weighted by atomic mass is 15.4. The second-order valence-electron chi connectivity index (χ2n) is 11.4. The van der Waals surface area contributed by atoms with Crippen LogP contribution in [-0.2, 0) is 19.4 Å². The molecule has 2 saturated heterocycles. The van der Waals surface area contributed by atoms with Gasteiger partial charge in [-0.15, -0.1) is 0 Å². The van der Waals surface area contributed by atoms with Crippen molar-refractivity contribution < 1.29 is 0 Å². The van der Waals surface area contributed by atoms with E-state index in [2.05, 4.69) is 89.1 Å². The van der Waals surface area contributed by atoms with Crippen LogP contribution in [0.1, 0.15) is 42.9 Å². The molecule has 6 rings (SSSR count). The molecule has 0 aliphatic carbocycles.